The van der Waals surface area contributed by atoms with Gasteiger partial charge >= 0.3 is 0 Å². The summed E-state index contributed by atoms with van der Waals surface area (Å²) in [6.07, 6.45) is 4.77. The van der Waals surface area contributed by atoms with Crippen LogP contribution >= 0.6 is 0 Å². The van der Waals surface area contributed by atoms with Crippen LogP contribution in [0, 0.1) is 5.82 Å². The molecule has 5 heteroatoms. The number of hydrogen-bond donors (Lipinski definition) is 1. The van der Waals surface area contributed by atoms with E-state index in [9.17, 15) is 4.39 Å². The molecule has 1 aromatic carbocycles. The predicted molar refractivity (Wildman–Crippen MR) is 93.4 cm³/mol. The van der Waals surface area contributed by atoms with Crippen LogP contribution in [0.1, 0.15) is 32.3 Å². The van der Waals surface area contributed by atoms with Crippen molar-refractivity contribution < 1.29 is 4.39 Å². The van der Waals surface area contributed by atoms with Gasteiger partial charge in [-0.05, 0) is 43.0 Å². The molecule has 0 amide bonds. The standard InChI is InChI=1S/C18H25FN4/c1-3-13-23(14-4-2)18-21-12-10-17(22-18)20-11-9-15-5-7-16(19)8-6-15/h5-8,10,12H,3-4,9,11,13-14H2,1-2H3,(H,20,21,22). The van der Waals surface area contributed by atoms with Gasteiger partial charge in [0.2, 0.25) is 5.95 Å². The second kappa shape index (κ2) is 9.08. The molecule has 0 spiro atoms. The molecule has 1 heterocycles. The fourth-order valence-electron chi connectivity index (χ4n) is 2.44. The molecule has 1 aromatic heterocycles. The van der Waals surface area contributed by atoms with Gasteiger partial charge < -0.3 is 10.2 Å². The van der Waals surface area contributed by atoms with Crippen LogP contribution in [0.5, 0.6) is 0 Å². The summed E-state index contributed by atoms with van der Waals surface area (Å²) in [7, 11) is 0. The van der Waals surface area contributed by atoms with Gasteiger partial charge in [0.05, 0.1) is 0 Å². The number of anilines is 2. The molecule has 0 atom stereocenters. The second-order valence-electron chi connectivity index (χ2n) is 5.53. The van der Waals surface area contributed by atoms with Crippen LogP contribution in [-0.2, 0) is 6.42 Å². The Hall–Kier alpha value is -2.17. The average molecular weight is 316 g/mol. The third-order valence-electron chi connectivity index (χ3n) is 3.55. The average Bonchev–Trinajstić information content (AvgIpc) is 2.57. The first-order valence-electron chi connectivity index (χ1n) is 8.29. The van der Waals surface area contributed by atoms with Crippen molar-refractivity contribution in [3.05, 3.63) is 47.9 Å². The fraction of sp³-hybridized carbons (Fsp3) is 0.444. The number of nitrogens with zero attached hydrogens (tertiary/aromatic N) is 3. The number of nitrogens with one attached hydrogen (secondary N) is 1. The zero-order chi connectivity index (χ0) is 16.5. The molecule has 0 saturated heterocycles. The molecule has 0 aliphatic carbocycles. The van der Waals surface area contributed by atoms with E-state index >= 15 is 0 Å². The van der Waals surface area contributed by atoms with Crippen LogP contribution in [0.25, 0.3) is 0 Å². The first-order chi connectivity index (χ1) is 11.2. The summed E-state index contributed by atoms with van der Waals surface area (Å²) < 4.78 is 12.9. The minimum Gasteiger partial charge on any atom is -0.370 e. The quantitative estimate of drug-likeness (QED) is 0.762. The maximum Gasteiger partial charge on any atom is 0.227 e. The molecule has 0 aliphatic heterocycles. The van der Waals surface area contributed by atoms with Crippen molar-refractivity contribution in [1.82, 2.24) is 9.97 Å². The van der Waals surface area contributed by atoms with Gasteiger partial charge in [-0.3, -0.25) is 0 Å². The van der Waals surface area contributed by atoms with Gasteiger partial charge in [0.1, 0.15) is 11.6 Å². The highest BCUT2D eigenvalue weighted by atomic mass is 19.1. The Labute approximate surface area is 137 Å². The van der Waals surface area contributed by atoms with E-state index in [4.69, 9.17) is 0 Å². The minimum absolute atomic E-state index is 0.200. The second-order valence-corrected chi connectivity index (χ2v) is 5.53. The van der Waals surface area contributed by atoms with E-state index in [0.29, 0.717) is 0 Å². The molecule has 0 saturated carbocycles. The molecule has 0 unspecified atom stereocenters. The molecule has 4 nitrogen and oxygen atoms in total. The fourth-order valence-corrected chi connectivity index (χ4v) is 2.44. The van der Waals surface area contributed by atoms with Gasteiger partial charge in [-0.15, -0.1) is 0 Å². The van der Waals surface area contributed by atoms with Gasteiger partial charge in [-0.25, -0.2) is 9.37 Å². The lowest BCUT2D eigenvalue weighted by Crippen LogP contribution is -2.27. The molecule has 0 radical (unpaired) electrons. The Morgan fingerprint density at radius 3 is 2.39 bits per heavy atom. The maximum atomic E-state index is 12.9. The number of rotatable bonds is 9. The Morgan fingerprint density at radius 2 is 1.74 bits per heavy atom. The zero-order valence-corrected chi connectivity index (χ0v) is 13.9. The van der Waals surface area contributed by atoms with Gasteiger partial charge in [0, 0.05) is 25.8 Å². The molecule has 23 heavy (non-hydrogen) atoms. The van der Waals surface area contributed by atoms with E-state index in [1.165, 1.54) is 12.1 Å². The largest absolute Gasteiger partial charge is 0.370 e. The molecule has 2 aromatic rings. The van der Waals surface area contributed by atoms with Crippen molar-refractivity contribution in [3.63, 3.8) is 0 Å². The van der Waals surface area contributed by atoms with Crippen LogP contribution in [0.15, 0.2) is 36.5 Å². The van der Waals surface area contributed by atoms with Crippen LogP contribution < -0.4 is 10.2 Å². The Kier molecular flexibility index (Phi) is 6.78. The van der Waals surface area contributed by atoms with E-state index in [1.807, 2.05) is 18.2 Å². The van der Waals surface area contributed by atoms with Gasteiger partial charge in [0.15, 0.2) is 0 Å². The van der Waals surface area contributed by atoms with Crippen molar-refractivity contribution in [1.29, 1.82) is 0 Å². The Balaban J connectivity index is 1.92. The van der Waals surface area contributed by atoms with E-state index in [2.05, 4.69) is 34.0 Å². The smallest absolute Gasteiger partial charge is 0.227 e. The molecule has 0 aliphatic rings. The van der Waals surface area contributed by atoms with Crippen molar-refractivity contribution in [2.24, 2.45) is 0 Å². The lowest BCUT2D eigenvalue weighted by atomic mass is 10.1. The molecule has 0 fully saturated rings. The summed E-state index contributed by atoms with van der Waals surface area (Å²) in [5.41, 5.74) is 1.10. The van der Waals surface area contributed by atoms with E-state index < -0.39 is 0 Å². The minimum atomic E-state index is -0.200. The maximum absolute atomic E-state index is 12.9. The summed E-state index contributed by atoms with van der Waals surface area (Å²) in [6.45, 7) is 7.00. The molecule has 124 valence electrons. The summed E-state index contributed by atoms with van der Waals surface area (Å²) in [6, 6.07) is 8.49. The predicted octanol–water partition coefficient (Wildman–Crippen LogP) is 3.90. The highest BCUT2D eigenvalue weighted by Crippen LogP contribution is 2.12. The lowest BCUT2D eigenvalue weighted by molar-refractivity contribution is 0.627. The number of benzene rings is 1. The normalized spacial score (nSPS) is 10.6. The van der Waals surface area contributed by atoms with Crippen molar-refractivity contribution >= 4 is 11.8 Å². The van der Waals surface area contributed by atoms with Gasteiger partial charge in [-0.2, -0.15) is 4.98 Å². The third kappa shape index (κ3) is 5.51. The van der Waals surface area contributed by atoms with Crippen LogP contribution in [0.2, 0.25) is 0 Å². The summed E-state index contributed by atoms with van der Waals surface area (Å²) >= 11 is 0. The van der Waals surface area contributed by atoms with Crippen LogP contribution in [0.4, 0.5) is 16.2 Å². The molecule has 2 rings (SSSR count). The Bertz CT molecular complexity index is 580. The third-order valence-corrected chi connectivity index (χ3v) is 3.55. The van der Waals surface area contributed by atoms with Crippen LogP contribution in [0.3, 0.4) is 0 Å². The molecular formula is C18H25FN4. The van der Waals surface area contributed by atoms with Crippen molar-refractivity contribution in [2.45, 2.75) is 33.1 Å². The van der Waals surface area contributed by atoms with Gasteiger partial charge in [-0.1, -0.05) is 26.0 Å². The van der Waals surface area contributed by atoms with E-state index in [-0.39, 0.29) is 5.82 Å². The number of hydrogen-bond acceptors (Lipinski definition) is 4. The van der Waals surface area contributed by atoms with Crippen molar-refractivity contribution in [3.8, 4) is 0 Å². The van der Waals surface area contributed by atoms with Crippen LogP contribution in [-0.4, -0.2) is 29.6 Å². The molecular weight excluding hydrogens is 291 g/mol. The van der Waals surface area contributed by atoms with E-state index in [1.54, 1.807) is 6.20 Å². The lowest BCUT2D eigenvalue weighted by Gasteiger charge is -2.21. The first kappa shape index (κ1) is 17.2. The topological polar surface area (TPSA) is 41.1 Å². The SMILES string of the molecule is CCCN(CCC)c1nccc(NCCc2ccc(F)cc2)n1. The van der Waals surface area contributed by atoms with Gasteiger partial charge in [0.25, 0.3) is 0 Å². The molecule has 0 bridgehead atoms. The Morgan fingerprint density at radius 1 is 1.04 bits per heavy atom. The summed E-state index contributed by atoms with van der Waals surface area (Å²) in [5.74, 6) is 1.41. The highest BCUT2D eigenvalue weighted by Gasteiger charge is 2.08. The zero-order valence-electron chi connectivity index (χ0n) is 13.9. The van der Waals surface area contributed by atoms with Crippen molar-refractivity contribution in [2.75, 3.05) is 29.9 Å². The summed E-state index contributed by atoms with van der Waals surface area (Å²) in [5, 5.41) is 3.32. The summed E-state index contributed by atoms with van der Waals surface area (Å²) in [4.78, 5) is 11.2. The molecule has 1 N–H and O–H groups in total. The number of halogens is 1. The first-order valence-corrected chi connectivity index (χ1v) is 8.29. The highest BCUT2D eigenvalue weighted by molar-refractivity contribution is 5.41. The van der Waals surface area contributed by atoms with E-state index in [0.717, 1.165) is 56.2 Å². The monoisotopic (exact) mass is 316 g/mol. The number of aromatic nitrogens is 2.